The third-order valence-corrected chi connectivity index (χ3v) is 9.92. The van der Waals surface area contributed by atoms with Crippen molar-refractivity contribution in [1.82, 2.24) is 15.1 Å². The molecule has 188 valence electrons. The fraction of sp³-hybridized carbons (Fsp3) is 0.667. The van der Waals surface area contributed by atoms with Crippen LogP contribution in [0.25, 0.3) is 0 Å². The van der Waals surface area contributed by atoms with Gasteiger partial charge in [0.1, 0.15) is 16.7 Å². The number of ether oxygens (including phenoxy) is 1. The summed E-state index contributed by atoms with van der Waals surface area (Å²) in [6.45, 7) is 3.79. The molecule has 2 unspecified atom stereocenters. The van der Waals surface area contributed by atoms with Gasteiger partial charge in [0.05, 0.1) is 13.7 Å². The van der Waals surface area contributed by atoms with Gasteiger partial charge in [-0.2, -0.15) is 0 Å². The summed E-state index contributed by atoms with van der Waals surface area (Å²) < 4.78 is 34.2. The third kappa shape index (κ3) is 4.20. The van der Waals surface area contributed by atoms with Crippen molar-refractivity contribution in [2.24, 2.45) is 5.92 Å². The summed E-state index contributed by atoms with van der Waals surface area (Å²) in [5.74, 6) is -0.0663. The molecular weight excluding hydrogens is 478 g/mol. The number of fused-ring (bicyclic) bond motifs is 1. The first-order valence-corrected chi connectivity index (χ1v) is 13.9. The predicted octanol–water partition coefficient (Wildman–Crippen LogP) is 3.19. The van der Waals surface area contributed by atoms with Crippen LogP contribution in [-0.4, -0.2) is 67.3 Å². The van der Waals surface area contributed by atoms with E-state index in [1.165, 1.54) is 30.6 Å². The van der Waals surface area contributed by atoms with Gasteiger partial charge in [-0.05, 0) is 44.4 Å². The fourth-order valence-electron chi connectivity index (χ4n) is 5.67. The summed E-state index contributed by atoms with van der Waals surface area (Å²) in [6, 6.07) is 3.37. The fourth-order valence-corrected chi connectivity index (χ4v) is 8.06. The second-order valence-electron chi connectivity index (χ2n) is 9.84. The molecule has 2 aliphatic heterocycles. The monoisotopic (exact) mass is 511 g/mol. The highest BCUT2D eigenvalue weighted by Crippen LogP contribution is 2.42. The summed E-state index contributed by atoms with van der Waals surface area (Å²) in [7, 11) is -2.86. The van der Waals surface area contributed by atoms with Gasteiger partial charge in [0.2, 0.25) is 26.6 Å². The number of nitrogens with zero attached hydrogens (tertiary/aromatic N) is 2. The number of hydrogen-bond acceptors (Lipinski definition) is 6. The number of hydrogen-bond donors (Lipinski definition) is 1. The average molecular weight is 512 g/mol. The number of piperazine rings is 1. The van der Waals surface area contributed by atoms with Crippen molar-refractivity contribution in [3.63, 3.8) is 0 Å². The molecule has 0 spiro atoms. The number of rotatable bonds is 6. The zero-order chi connectivity index (χ0) is 24.7. The number of sulfone groups is 1. The van der Waals surface area contributed by atoms with Crippen molar-refractivity contribution in [2.45, 2.75) is 80.8 Å². The van der Waals surface area contributed by atoms with Gasteiger partial charge in [-0.25, -0.2) is 8.42 Å². The molecule has 2 heterocycles. The van der Waals surface area contributed by atoms with Gasteiger partial charge in [0.25, 0.3) is 0 Å². The van der Waals surface area contributed by atoms with E-state index >= 15 is 0 Å². The van der Waals surface area contributed by atoms with E-state index in [-0.39, 0.29) is 59.0 Å². The summed E-state index contributed by atoms with van der Waals surface area (Å²) >= 11 is 6.19. The molecular formula is C24H34ClN3O5S. The molecule has 1 N–H and O–H groups in total. The van der Waals surface area contributed by atoms with E-state index in [0.717, 1.165) is 25.7 Å². The Morgan fingerprint density at radius 2 is 1.91 bits per heavy atom. The zero-order valence-electron chi connectivity index (χ0n) is 20.0. The molecule has 0 radical (unpaired) electrons. The Bertz CT molecular complexity index is 1060. The molecule has 3 fully saturated rings. The SMILES string of the molecule is COc1ccc(Cl)cc1S(=O)(=O)C12CN(C(C)C)C(=O)C(CC3CCCCC3)N1C(=O)CCN2. The Balaban J connectivity index is 1.87. The molecule has 2 amide bonds. The Morgan fingerprint density at radius 3 is 2.56 bits per heavy atom. The summed E-state index contributed by atoms with van der Waals surface area (Å²) in [5, 5.41) is 3.42. The Hall–Kier alpha value is -1.84. The normalized spacial score (nSPS) is 26.7. The lowest BCUT2D eigenvalue weighted by atomic mass is 9.83. The second kappa shape index (κ2) is 9.66. The molecule has 10 heteroatoms. The highest BCUT2D eigenvalue weighted by Gasteiger charge is 2.62. The first-order valence-electron chi connectivity index (χ1n) is 12.1. The molecule has 2 atom stereocenters. The first kappa shape index (κ1) is 25.3. The van der Waals surface area contributed by atoms with Gasteiger partial charge in [-0.15, -0.1) is 0 Å². The van der Waals surface area contributed by atoms with Crippen LogP contribution in [0.4, 0.5) is 0 Å². The molecule has 1 aromatic carbocycles. The Morgan fingerprint density at radius 1 is 1.21 bits per heavy atom. The lowest BCUT2D eigenvalue weighted by Crippen LogP contribution is -2.80. The second-order valence-corrected chi connectivity index (χ2v) is 12.4. The number of halogens is 1. The number of benzene rings is 1. The third-order valence-electron chi connectivity index (χ3n) is 7.43. The van der Waals surface area contributed by atoms with E-state index < -0.39 is 20.9 Å². The van der Waals surface area contributed by atoms with Crippen LogP contribution in [0.5, 0.6) is 5.75 Å². The maximum absolute atomic E-state index is 14.4. The Labute approximate surface area is 206 Å². The van der Waals surface area contributed by atoms with Crippen LogP contribution >= 0.6 is 11.6 Å². The number of carbonyl (C=O) groups is 2. The molecule has 1 aliphatic carbocycles. The van der Waals surface area contributed by atoms with Crippen LogP contribution in [0, 0.1) is 5.92 Å². The van der Waals surface area contributed by atoms with Crippen LogP contribution in [0.15, 0.2) is 23.1 Å². The van der Waals surface area contributed by atoms with Gasteiger partial charge < -0.3 is 9.64 Å². The molecule has 0 bridgehead atoms. The van der Waals surface area contributed by atoms with Crippen LogP contribution in [0.1, 0.15) is 58.8 Å². The van der Waals surface area contributed by atoms with Crippen LogP contribution in [0.3, 0.4) is 0 Å². The number of methoxy groups -OCH3 is 1. The number of amides is 2. The van der Waals surface area contributed by atoms with E-state index in [2.05, 4.69) is 5.32 Å². The molecule has 0 aromatic heterocycles. The van der Waals surface area contributed by atoms with E-state index in [1.807, 2.05) is 13.8 Å². The maximum atomic E-state index is 14.4. The Kier molecular flexibility index (Phi) is 7.18. The largest absolute Gasteiger partial charge is 0.495 e. The number of nitrogens with one attached hydrogen (secondary N) is 1. The zero-order valence-corrected chi connectivity index (χ0v) is 21.6. The van der Waals surface area contributed by atoms with E-state index in [0.29, 0.717) is 6.42 Å². The molecule has 34 heavy (non-hydrogen) atoms. The van der Waals surface area contributed by atoms with E-state index in [1.54, 1.807) is 11.0 Å². The number of carbonyl (C=O) groups excluding carboxylic acids is 2. The summed E-state index contributed by atoms with van der Waals surface area (Å²) in [4.78, 5) is 28.2. The molecule has 1 aromatic rings. The average Bonchev–Trinajstić information content (AvgIpc) is 2.81. The molecule has 3 aliphatic rings. The molecule has 8 nitrogen and oxygen atoms in total. The van der Waals surface area contributed by atoms with Gasteiger partial charge >= 0.3 is 0 Å². The topological polar surface area (TPSA) is 96.0 Å². The van der Waals surface area contributed by atoms with Gasteiger partial charge in [-0.1, -0.05) is 43.7 Å². The van der Waals surface area contributed by atoms with Crippen LogP contribution in [-0.2, 0) is 19.4 Å². The standard InChI is InChI=1S/C24H34ClN3O5S/c1-16(2)27-15-24(34(31,32)21-14-18(25)9-10-20(21)33-3)26-12-11-22(29)28(24)19(23(27)30)13-17-7-5-4-6-8-17/h9-10,14,16-17,19,26H,4-8,11-13,15H2,1-3H3. The van der Waals surface area contributed by atoms with Gasteiger partial charge in [0, 0.05) is 24.0 Å². The summed E-state index contributed by atoms with van der Waals surface area (Å²) in [5.41, 5.74) is 0. The van der Waals surface area contributed by atoms with Crippen molar-refractivity contribution < 1.29 is 22.7 Å². The lowest BCUT2D eigenvalue weighted by molar-refractivity contribution is -0.166. The molecule has 1 saturated carbocycles. The highest BCUT2D eigenvalue weighted by atomic mass is 35.5. The minimum absolute atomic E-state index is 0.0934. The van der Waals surface area contributed by atoms with Gasteiger partial charge in [-0.3, -0.25) is 19.8 Å². The predicted molar refractivity (Wildman–Crippen MR) is 129 cm³/mol. The quantitative estimate of drug-likeness (QED) is 0.630. The van der Waals surface area contributed by atoms with Crippen LogP contribution < -0.4 is 10.1 Å². The van der Waals surface area contributed by atoms with Crippen molar-refractivity contribution in [3.8, 4) is 5.75 Å². The van der Waals surface area contributed by atoms with E-state index in [4.69, 9.17) is 16.3 Å². The highest BCUT2D eigenvalue weighted by molar-refractivity contribution is 7.93. The van der Waals surface area contributed by atoms with Crippen molar-refractivity contribution >= 4 is 33.3 Å². The smallest absolute Gasteiger partial charge is 0.245 e. The van der Waals surface area contributed by atoms with Crippen LogP contribution in [0.2, 0.25) is 5.02 Å². The molecule has 4 rings (SSSR count). The van der Waals surface area contributed by atoms with Crippen molar-refractivity contribution in [1.29, 1.82) is 0 Å². The molecule has 2 saturated heterocycles. The van der Waals surface area contributed by atoms with Gasteiger partial charge in [0.15, 0.2) is 0 Å². The summed E-state index contributed by atoms with van der Waals surface area (Å²) in [6.07, 6.45) is 5.94. The maximum Gasteiger partial charge on any atom is 0.245 e. The van der Waals surface area contributed by atoms with Crippen molar-refractivity contribution in [3.05, 3.63) is 23.2 Å². The lowest BCUT2D eigenvalue weighted by Gasteiger charge is -2.56. The van der Waals surface area contributed by atoms with Crippen molar-refractivity contribution in [2.75, 3.05) is 20.2 Å². The first-order chi connectivity index (χ1) is 16.1. The minimum atomic E-state index is -4.25. The van der Waals surface area contributed by atoms with E-state index in [9.17, 15) is 18.0 Å². The minimum Gasteiger partial charge on any atom is -0.495 e.